The molecule has 0 fully saturated rings. The van der Waals surface area contributed by atoms with Crippen LogP contribution in [0.5, 0.6) is 0 Å². The number of hydrogen-bond acceptors (Lipinski definition) is 4. The van der Waals surface area contributed by atoms with Crippen LogP contribution in [0.2, 0.25) is 0 Å². The summed E-state index contributed by atoms with van der Waals surface area (Å²) >= 11 is 0. The summed E-state index contributed by atoms with van der Waals surface area (Å²) in [7, 11) is 0. The number of carbonyl (C=O) groups is 2. The molecule has 0 N–H and O–H groups in total. The third-order valence-electron chi connectivity index (χ3n) is 4.04. The highest BCUT2D eigenvalue weighted by atomic mass is 16.6. The highest BCUT2D eigenvalue weighted by Crippen LogP contribution is 2.31. The van der Waals surface area contributed by atoms with Crippen molar-refractivity contribution < 1.29 is 19.1 Å². The predicted molar refractivity (Wildman–Crippen MR) is 79.3 cm³/mol. The molecule has 0 aromatic heterocycles. The summed E-state index contributed by atoms with van der Waals surface area (Å²) in [6.07, 6.45) is 3.82. The number of esters is 2. The van der Waals surface area contributed by atoms with Gasteiger partial charge in [0.15, 0.2) is 0 Å². The zero-order chi connectivity index (χ0) is 15.8. The van der Waals surface area contributed by atoms with E-state index >= 15 is 0 Å². The maximum atomic E-state index is 12.3. The first kappa shape index (κ1) is 18.9. The molecule has 0 amide bonds. The molecule has 0 aromatic carbocycles. The second-order valence-electron chi connectivity index (χ2n) is 5.34. The Kier molecular flexibility index (Phi) is 8.51. The number of carbonyl (C=O) groups excluding carboxylic acids is 2. The van der Waals surface area contributed by atoms with Crippen LogP contribution in [0.3, 0.4) is 0 Å². The second kappa shape index (κ2) is 8.98. The van der Waals surface area contributed by atoms with Crippen molar-refractivity contribution in [2.24, 2.45) is 5.92 Å². The Bertz CT molecular complexity index is 308. The summed E-state index contributed by atoms with van der Waals surface area (Å²) in [6.45, 7) is 11.1. The monoisotopic (exact) mass is 286 g/mol. The highest BCUT2D eigenvalue weighted by Gasteiger charge is 2.41. The highest BCUT2D eigenvalue weighted by molar-refractivity contribution is 5.75. The van der Waals surface area contributed by atoms with Crippen molar-refractivity contribution in [2.45, 2.75) is 85.4 Å². The van der Waals surface area contributed by atoms with Gasteiger partial charge in [0.1, 0.15) is 11.7 Å². The van der Waals surface area contributed by atoms with Crippen LogP contribution in [0, 0.1) is 5.92 Å². The summed E-state index contributed by atoms with van der Waals surface area (Å²) < 4.78 is 11.0. The van der Waals surface area contributed by atoms with Crippen LogP contribution >= 0.6 is 0 Å². The molecule has 2 atom stereocenters. The van der Waals surface area contributed by atoms with Gasteiger partial charge in [-0.25, -0.2) is 0 Å². The van der Waals surface area contributed by atoms with Gasteiger partial charge in [0, 0.05) is 6.92 Å². The molecule has 118 valence electrons. The van der Waals surface area contributed by atoms with Crippen molar-refractivity contribution in [3.05, 3.63) is 0 Å². The van der Waals surface area contributed by atoms with Crippen LogP contribution < -0.4 is 0 Å². The van der Waals surface area contributed by atoms with Crippen LogP contribution in [0.1, 0.15) is 73.6 Å². The zero-order valence-electron chi connectivity index (χ0n) is 13.8. The molecule has 4 heteroatoms. The second-order valence-corrected chi connectivity index (χ2v) is 5.34. The van der Waals surface area contributed by atoms with Gasteiger partial charge in [-0.3, -0.25) is 9.59 Å². The third kappa shape index (κ3) is 5.14. The lowest BCUT2D eigenvalue weighted by atomic mass is 9.83. The number of rotatable bonds is 9. The van der Waals surface area contributed by atoms with Crippen molar-refractivity contribution >= 4 is 11.9 Å². The van der Waals surface area contributed by atoms with Crippen LogP contribution in [-0.2, 0) is 19.1 Å². The van der Waals surface area contributed by atoms with Crippen LogP contribution in [0.15, 0.2) is 0 Å². The van der Waals surface area contributed by atoms with E-state index in [0.717, 1.165) is 19.3 Å². The third-order valence-corrected chi connectivity index (χ3v) is 4.04. The Morgan fingerprint density at radius 3 is 2.00 bits per heavy atom. The molecule has 0 aromatic rings. The van der Waals surface area contributed by atoms with E-state index < -0.39 is 11.5 Å². The summed E-state index contributed by atoms with van der Waals surface area (Å²) in [5.74, 6) is -1.07. The Morgan fingerprint density at radius 1 is 1.10 bits per heavy atom. The van der Waals surface area contributed by atoms with Crippen molar-refractivity contribution in [3.63, 3.8) is 0 Å². The number of ether oxygens (including phenoxy) is 2. The van der Waals surface area contributed by atoms with Crippen molar-refractivity contribution in [3.8, 4) is 0 Å². The summed E-state index contributed by atoms with van der Waals surface area (Å²) in [4.78, 5) is 23.6. The fourth-order valence-corrected chi connectivity index (χ4v) is 2.53. The fraction of sp³-hybridized carbons (Fsp3) is 0.875. The van der Waals surface area contributed by atoms with Gasteiger partial charge < -0.3 is 9.47 Å². The Morgan fingerprint density at radius 2 is 1.65 bits per heavy atom. The average Bonchev–Trinajstić information content (AvgIpc) is 2.43. The van der Waals surface area contributed by atoms with E-state index in [2.05, 4.69) is 6.92 Å². The SMILES string of the molecule is CCCC(CC)OC(=O)[C@H](C)C(CC)(CC)OC(C)=O. The lowest BCUT2D eigenvalue weighted by Gasteiger charge is -2.36. The maximum absolute atomic E-state index is 12.3. The fourth-order valence-electron chi connectivity index (χ4n) is 2.53. The minimum absolute atomic E-state index is 0.0429. The molecular weight excluding hydrogens is 256 g/mol. The topological polar surface area (TPSA) is 52.6 Å². The molecule has 4 nitrogen and oxygen atoms in total. The van der Waals surface area contributed by atoms with Gasteiger partial charge >= 0.3 is 11.9 Å². The molecule has 0 heterocycles. The van der Waals surface area contributed by atoms with E-state index in [4.69, 9.17) is 9.47 Å². The van der Waals surface area contributed by atoms with Crippen LogP contribution in [0.25, 0.3) is 0 Å². The first-order valence-corrected chi connectivity index (χ1v) is 7.76. The molecule has 0 saturated carbocycles. The molecule has 0 saturated heterocycles. The lowest BCUT2D eigenvalue weighted by Crippen LogP contribution is -2.45. The van der Waals surface area contributed by atoms with Crippen molar-refractivity contribution in [1.82, 2.24) is 0 Å². The van der Waals surface area contributed by atoms with Gasteiger partial charge in [-0.1, -0.05) is 34.1 Å². The molecule has 0 radical (unpaired) electrons. The molecule has 1 unspecified atom stereocenters. The Balaban J connectivity index is 4.92. The van der Waals surface area contributed by atoms with E-state index in [1.54, 1.807) is 6.92 Å². The Labute approximate surface area is 123 Å². The molecule has 0 rings (SSSR count). The van der Waals surface area contributed by atoms with Gasteiger partial charge in [0.2, 0.25) is 0 Å². The molecule has 0 spiro atoms. The molecule has 0 aliphatic rings. The molecule has 20 heavy (non-hydrogen) atoms. The lowest BCUT2D eigenvalue weighted by molar-refractivity contribution is -0.178. The predicted octanol–water partition coefficient (Wildman–Crippen LogP) is 3.87. The quantitative estimate of drug-likeness (QED) is 0.604. The van der Waals surface area contributed by atoms with Gasteiger partial charge in [0.25, 0.3) is 0 Å². The summed E-state index contributed by atoms with van der Waals surface area (Å²) in [6, 6.07) is 0. The standard InChI is InChI=1S/C16H30O4/c1-7-11-14(8-2)19-15(18)12(5)16(9-3,10-4)20-13(6)17/h12,14H,7-11H2,1-6H3/t12-,14?/m0/s1. The van der Waals surface area contributed by atoms with Crippen molar-refractivity contribution in [1.29, 1.82) is 0 Å². The molecular formula is C16H30O4. The average molecular weight is 286 g/mol. The minimum atomic E-state index is -0.757. The van der Waals surface area contributed by atoms with Gasteiger partial charge in [-0.15, -0.1) is 0 Å². The van der Waals surface area contributed by atoms with Gasteiger partial charge in [0.05, 0.1) is 5.92 Å². The van der Waals surface area contributed by atoms with Crippen LogP contribution in [0.4, 0.5) is 0 Å². The Hall–Kier alpha value is -1.06. The first-order valence-electron chi connectivity index (χ1n) is 7.76. The first-order chi connectivity index (χ1) is 9.36. The molecule has 0 aliphatic carbocycles. The minimum Gasteiger partial charge on any atom is -0.462 e. The summed E-state index contributed by atoms with van der Waals surface area (Å²) in [5.41, 5.74) is -0.757. The summed E-state index contributed by atoms with van der Waals surface area (Å²) in [5, 5.41) is 0. The van der Waals surface area contributed by atoms with Crippen LogP contribution in [-0.4, -0.2) is 23.6 Å². The smallest absolute Gasteiger partial charge is 0.312 e. The van der Waals surface area contributed by atoms with E-state index in [1.165, 1.54) is 6.92 Å². The van der Waals surface area contributed by atoms with E-state index in [1.807, 2.05) is 20.8 Å². The molecule has 0 aliphatic heterocycles. The zero-order valence-corrected chi connectivity index (χ0v) is 13.8. The van der Waals surface area contributed by atoms with E-state index in [9.17, 15) is 9.59 Å². The molecule has 0 bridgehead atoms. The van der Waals surface area contributed by atoms with Gasteiger partial charge in [-0.05, 0) is 32.6 Å². The maximum Gasteiger partial charge on any atom is 0.312 e. The largest absolute Gasteiger partial charge is 0.462 e. The van der Waals surface area contributed by atoms with E-state index in [-0.39, 0.29) is 18.0 Å². The van der Waals surface area contributed by atoms with Gasteiger partial charge in [-0.2, -0.15) is 0 Å². The normalized spacial score (nSPS) is 14.5. The van der Waals surface area contributed by atoms with Crippen molar-refractivity contribution in [2.75, 3.05) is 0 Å². The van der Waals surface area contributed by atoms with E-state index in [0.29, 0.717) is 12.8 Å². The number of hydrogen-bond donors (Lipinski definition) is 0.